The number of halogens is 1. The van der Waals surface area contributed by atoms with E-state index < -0.39 is 0 Å². The second-order valence-corrected chi connectivity index (χ2v) is 7.51. The zero-order valence-corrected chi connectivity index (χ0v) is 21.4. The second-order valence-electron chi connectivity index (χ2n) is 7.51. The number of ether oxygens (including phenoxy) is 1. The number of aliphatic imine (C=N–C) groups is 1. The van der Waals surface area contributed by atoms with Gasteiger partial charge in [0.15, 0.2) is 17.3 Å². The van der Waals surface area contributed by atoms with E-state index >= 15 is 0 Å². The van der Waals surface area contributed by atoms with Gasteiger partial charge in [-0.15, -0.1) is 24.0 Å². The van der Waals surface area contributed by atoms with Gasteiger partial charge in [-0.2, -0.15) is 0 Å². The molecule has 0 amide bonds. The van der Waals surface area contributed by atoms with E-state index in [1.54, 1.807) is 7.05 Å². The maximum absolute atomic E-state index is 6.11. The van der Waals surface area contributed by atoms with Gasteiger partial charge in [-0.1, -0.05) is 42.5 Å². The molecule has 0 spiro atoms. The molecule has 1 atom stereocenters. The average Bonchev–Trinajstić information content (AvgIpc) is 3.45. The minimum absolute atomic E-state index is 0. The summed E-state index contributed by atoms with van der Waals surface area (Å²) < 4.78 is 13.9. The van der Waals surface area contributed by atoms with Crippen LogP contribution in [-0.4, -0.2) is 29.2 Å². The number of fused-ring (bicyclic) bond motifs is 1. The Morgan fingerprint density at radius 2 is 2.00 bits per heavy atom. The molecule has 0 saturated heterocycles. The number of benzene rings is 2. The lowest BCUT2D eigenvalue weighted by Crippen LogP contribution is -2.38. The van der Waals surface area contributed by atoms with Crippen LogP contribution < -0.4 is 15.4 Å². The maximum Gasteiger partial charge on any atom is 0.191 e. The summed E-state index contributed by atoms with van der Waals surface area (Å²) in [6.45, 7) is 5.94. The molecule has 0 radical (unpaired) electrons. The number of hydrogen-bond donors (Lipinski definition) is 2. The molecule has 2 aromatic carbocycles. The van der Waals surface area contributed by atoms with Crippen molar-refractivity contribution in [3.63, 3.8) is 0 Å². The zero-order chi connectivity index (χ0) is 22.3. The van der Waals surface area contributed by atoms with Crippen LogP contribution in [0.2, 0.25) is 0 Å². The normalized spacial score (nSPS) is 12.3. The van der Waals surface area contributed by atoms with Crippen molar-refractivity contribution in [2.75, 3.05) is 13.7 Å². The predicted molar refractivity (Wildman–Crippen MR) is 142 cm³/mol. The van der Waals surface area contributed by atoms with Crippen LogP contribution in [0.4, 0.5) is 0 Å². The van der Waals surface area contributed by atoms with E-state index in [4.69, 9.17) is 9.15 Å². The summed E-state index contributed by atoms with van der Waals surface area (Å²) in [5.41, 5.74) is 2.00. The molecule has 7 nitrogen and oxygen atoms in total. The first kappa shape index (κ1) is 24.6. The molecule has 8 heteroatoms. The molecule has 0 aliphatic carbocycles. The molecular weight excluding hydrogens is 529 g/mol. The number of para-hydroxylation sites is 1. The molecule has 0 saturated carbocycles. The summed E-state index contributed by atoms with van der Waals surface area (Å²) in [6, 6.07) is 18.2. The lowest BCUT2D eigenvalue weighted by atomic mass is 10.2. The Hall–Kier alpha value is -3.01. The van der Waals surface area contributed by atoms with Crippen molar-refractivity contribution in [3.05, 3.63) is 84.1 Å². The molecule has 2 heterocycles. The summed E-state index contributed by atoms with van der Waals surface area (Å²) in [5.74, 6) is 3.20. The Labute approximate surface area is 211 Å². The Kier molecular flexibility index (Phi) is 8.76. The Morgan fingerprint density at radius 3 is 2.76 bits per heavy atom. The fourth-order valence-corrected chi connectivity index (χ4v) is 3.60. The summed E-state index contributed by atoms with van der Waals surface area (Å²) in [7, 11) is 1.75. The van der Waals surface area contributed by atoms with Gasteiger partial charge in [0.2, 0.25) is 0 Å². The quantitative estimate of drug-likeness (QED) is 0.178. The first-order valence-electron chi connectivity index (χ1n) is 10.8. The molecule has 0 bridgehead atoms. The molecule has 0 aliphatic rings. The maximum atomic E-state index is 6.11. The third-order valence-electron chi connectivity index (χ3n) is 5.24. The Balaban J connectivity index is 0.00000306. The first-order chi connectivity index (χ1) is 15.7. The highest BCUT2D eigenvalue weighted by atomic mass is 127. The zero-order valence-electron chi connectivity index (χ0n) is 19.1. The molecule has 1 unspecified atom stereocenters. The minimum atomic E-state index is -0.0767. The number of rotatable bonds is 8. The Bertz CT molecular complexity index is 1190. The minimum Gasteiger partial charge on any atom is -0.490 e. The number of hydrogen-bond acceptors (Lipinski definition) is 4. The molecule has 174 valence electrons. The van der Waals surface area contributed by atoms with Gasteiger partial charge in [0.05, 0.1) is 19.2 Å². The predicted octanol–water partition coefficient (Wildman–Crippen LogP) is 5.12. The van der Waals surface area contributed by atoms with Crippen LogP contribution >= 0.6 is 24.0 Å². The molecule has 0 fully saturated rings. The van der Waals surface area contributed by atoms with Crippen LogP contribution in [-0.2, 0) is 13.1 Å². The fourth-order valence-electron chi connectivity index (χ4n) is 3.60. The third-order valence-corrected chi connectivity index (χ3v) is 5.24. The topological polar surface area (TPSA) is 76.6 Å². The standard InChI is InChI=1S/C25H29N5O2.HI/c1-4-31-21-12-8-11-20-15-22(32-24(20)21)18(2)29-25(26-3)28-16-23-27-13-14-30(23)17-19-9-6-5-7-10-19;/h5-15,18H,4,16-17H2,1-3H3,(H2,26,28,29);1H. The van der Waals surface area contributed by atoms with E-state index in [2.05, 4.69) is 37.3 Å². The number of imidazole rings is 1. The van der Waals surface area contributed by atoms with Gasteiger partial charge in [0.25, 0.3) is 0 Å². The molecule has 2 aromatic heterocycles. The van der Waals surface area contributed by atoms with Crippen molar-refractivity contribution < 1.29 is 9.15 Å². The summed E-state index contributed by atoms with van der Waals surface area (Å²) in [4.78, 5) is 8.86. The molecule has 2 N–H and O–H groups in total. The van der Waals surface area contributed by atoms with Gasteiger partial charge < -0.3 is 24.4 Å². The summed E-state index contributed by atoms with van der Waals surface area (Å²) in [6.07, 6.45) is 3.82. The van der Waals surface area contributed by atoms with Gasteiger partial charge in [-0.25, -0.2) is 4.98 Å². The number of guanidine groups is 1. The molecule has 4 aromatic rings. The van der Waals surface area contributed by atoms with Crippen molar-refractivity contribution in [1.82, 2.24) is 20.2 Å². The van der Waals surface area contributed by atoms with Gasteiger partial charge in [-0.05, 0) is 31.5 Å². The van der Waals surface area contributed by atoms with Gasteiger partial charge in [-0.3, -0.25) is 4.99 Å². The van der Waals surface area contributed by atoms with Crippen molar-refractivity contribution in [3.8, 4) is 5.75 Å². The number of nitrogens with zero attached hydrogens (tertiary/aromatic N) is 3. The van der Waals surface area contributed by atoms with E-state index in [1.807, 2.05) is 68.7 Å². The third kappa shape index (κ3) is 6.07. The lowest BCUT2D eigenvalue weighted by molar-refractivity contribution is 0.336. The van der Waals surface area contributed by atoms with Crippen LogP contribution in [0.3, 0.4) is 0 Å². The first-order valence-corrected chi connectivity index (χ1v) is 10.8. The Morgan fingerprint density at radius 1 is 1.18 bits per heavy atom. The van der Waals surface area contributed by atoms with Crippen molar-refractivity contribution in [1.29, 1.82) is 0 Å². The van der Waals surface area contributed by atoms with Crippen LogP contribution in [0.5, 0.6) is 5.75 Å². The highest BCUT2D eigenvalue weighted by molar-refractivity contribution is 14.0. The average molecular weight is 559 g/mol. The summed E-state index contributed by atoms with van der Waals surface area (Å²) >= 11 is 0. The SMILES string of the molecule is CCOc1cccc2cc(C(C)NC(=NC)NCc3nccn3Cc3ccccc3)oc12.I. The molecule has 4 rings (SSSR count). The molecular formula is C25H30IN5O2. The van der Waals surface area contributed by atoms with Gasteiger partial charge in [0.1, 0.15) is 11.6 Å². The molecule has 33 heavy (non-hydrogen) atoms. The fraction of sp³-hybridized carbons (Fsp3) is 0.280. The van der Waals surface area contributed by atoms with Crippen LogP contribution in [0, 0.1) is 0 Å². The number of nitrogens with one attached hydrogen (secondary N) is 2. The van der Waals surface area contributed by atoms with E-state index in [1.165, 1.54) is 5.56 Å². The van der Waals surface area contributed by atoms with E-state index in [0.717, 1.165) is 34.8 Å². The van der Waals surface area contributed by atoms with Crippen molar-refractivity contribution in [2.24, 2.45) is 4.99 Å². The number of furan rings is 1. The van der Waals surface area contributed by atoms with Crippen LogP contribution in [0.1, 0.15) is 37.0 Å². The van der Waals surface area contributed by atoms with E-state index in [0.29, 0.717) is 19.1 Å². The molecule has 0 aliphatic heterocycles. The second kappa shape index (κ2) is 11.7. The smallest absolute Gasteiger partial charge is 0.191 e. The summed E-state index contributed by atoms with van der Waals surface area (Å²) in [5, 5.41) is 7.77. The monoisotopic (exact) mass is 559 g/mol. The lowest BCUT2D eigenvalue weighted by Gasteiger charge is -2.16. The number of aromatic nitrogens is 2. The van der Waals surface area contributed by atoms with Crippen molar-refractivity contribution >= 4 is 40.9 Å². The van der Waals surface area contributed by atoms with Gasteiger partial charge >= 0.3 is 0 Å². The van der Waals surface area contributed by atoms with Crippen LogP contribution in [0.15, 0.2) is 76.4 Å². The highest BCUT2D eigenvalue weighted by Gasteiger charge is 2.16. The van der Waals surface area contributed by atoms with Crippen LogP contribution in [0.25, 0.3) is 11.0 Å². The largest absolute Gasteiger partial charge is 0.490 e. The van der Waals surface area contributed by atoms with Gasteiger partial charge in [0, 0.05) is 31.4 Å². The van der Waals surface area contributed by atoms with E-state index in [-0.39, 0.29) is 30.0 Å². The van der Waals surface area contributed by atoms with E-state index in [9.17, 15) is 0 Å². The van der Waals surface area contributed by atoms with Crippen molar-refractivity contribution in [2.45, 2.75) is 33.0 Å². The highest BCUT2D eigenvalue weighted by Crippen LogP contribution is 2.31.